The zero-order chi connectivity index (χ0) is 14.0. The third-order valence-corrected chi connectivity index (χ3v) is 3.08. The molecule has 0 fully saturated rings. The van der Waals surface area contributed by atoms with Crippen molar-refractivity contribution in [3.8, 4) is 0 Å². The minimum absolute atomic E-state index is 0.285. The van der Waals surface area contributed by atoms with Gasteiger partial charge in [-0.1, -0.05) is 23.7 Å². The Kier molecular flexibility index (Phi) is 3.62. The number of carbonyl (C=O) groups excluding carboxylic acids is 1. The van der Waals surface area contributed by atoms with Crippen LogP contribution in [-0.4, -0.2) is 5.91 Å². The van der Waals surface area contributed by atoms with E-state index in [2.05, 4.69) is 5.32 Å². The number of rotatable bonds is 3. The normalized spacial score (nSPS) is 10.2. The van der Waals surface area contributed by atoms with Gasteiger partial charge in [-0.05, 0) is 36.8 Å². The van der Waals surface area contributed by atoms with Crippen molar-refractivity contribution in [2.24, 2.45) is 5.73 Å². The molecule has 0 aromatic heterocycles. The number of aryl methyl sites for hydroxylation is 1. The van der Waals surface area contributed by atoms with E-state index in [1.165, 1.54) is 0 Å². The molecule has 0 heterocycles. The summed E-state index contributed by atoms with van der Waals surface area (Å²) in [6, 6.07) is 10.7. The van der Waals surface area contributed by atoms with E-state index >= 15 is 0 Å². The van der Waals surface area contributed by atoms with Crippen LogP contribution in [0.15, 0.2) is 36.4 Å². The van der Waals surface area contributed by atoms with Crippen LogP contribution < -0.4 is 16.8 Å². The van der Waals surface area contributed by atoms with E-state index in [-0.39, 0.29) is 5.56 Å². The number of carbonyl (C=O) groups is 1. The van der Waals surface area contributed by atoms with E-state index in [9.17, 15) is 4.79 Å². The quantitative estimate of drug-likeness (QED) is 0.753. The first-order chi connectivity index (χ1) is 8.99. The molecule has 0 saturated carbocycles. The molecule has 19 heavy (non-hydrogen) atoms. The number of hydrogen-bond donors (Lipinski definition) is 3. The monoisotopic (exact) mass is 275 g/mol. The van der Waals surface area contributed by atoms with Crippen molar-refractivity contribution in [3.05, 3.63) is 52.5 Å². The third kappa shape index (κ3) is 2.80. The van der Waals surface area contributed by atoms with Crippen molar-refractivity contribution in [1.82, 2.24) is 0 Å². The van der Waals surface area contributed by atoms with Crippen molar-refractivity contribution in [1.29, 1.82) is 0 Å². The number of hydrogen-bond acceptors (Lipinski definition) is 3. The fourth-order valence-corrected chi connectivity index (χ4v) is 2.04. The molecule has 0 atom stereocenters. The van der Waals surface area contributed by atoms with Crippen LogP contribution in [0.5, 0.6) is 0 Å². The van der Waals surface area contributed by atoms with Crippen molar-refractivity contribution >= 4 is 34.6 Å². The lowest BCUT2D eigenvalue weighted by atomic mass is 10.1. The molecule has 4 nitrogen and oxygen atoms in total. The predicted molar refractivity (Wildman–Crippen MR) is 78.8 cm³/mol. The minimum atomic E-state index is -0.559. The number of amides is 1. The second kappa shape index (κ2) is 5.20. The van der Waals surface area contributed by atoms with Crippen molar-refractivity contribution in [2.75, 3.05) is 11.1 Å². The van der Waals surface area contributed by atoms with Gasteiger partial charge >= 0.3 is 0 Å². The molecule has 0 aliphatic rings. The highest BCUT2D eigenvalue weighted by Crippen LogP contribution is 2.30. The summed E-state index contributed by atoms with van der Waals surface area (Å²) >= 11 is 6.14. The Balaban J connectivity index is 2.38. The standard InChI is InChI=1S/C14H14ClN3O/c1-8-5-6-11(10(15)7-8)18-12-4-2-3-9(13(12)16)14(17)19/h2-7,18H,16H2,1H3,(H2,17,19). The Bertz CT molecular complexity index is 641. The van der Waals surface area contributed by atoms with Gasteiger partial charge in [0.15, 0.2) is 0 Å². The first kappa shape index (κ1) is 13.2. The maximum Gasteiger partial charge on any atom is 0.250 e. The highest BCUT2D eigenvalue weighted by molar-refractivity contribution is 6.33. The highest BCUT2D eigenvalue weighted by atomic mass is 35.5. The highest BCUT2D eigenvalue weighted by Gasteiger charge is 2.10. The molecule has 0 bridgehead atoms. The summed E-state index contributed by atoms with van der Waals surface area (Å²) < 4.78 is 0. The van der Waals surface area contributed by atoms with Crippen molar-refractivity contribution in [3.63, 3.8) is 0 Å². The van der Waals surface area contributed by atoms with Crippen LogP contribution >= 0.6 is 11.6 Å². The molecule has 0 spiro atoms. The van der Waals surface area contributed by atoms with Crippen LogP contribution in [0.1, 0.15) is 15.9 Å². The van der Waals surface area contributed by atoms with Crippen LogP contribution in [0.4, 0.5) is 17.1 Å². The van der Waals surface area contributed by atoms with Crippen molar-refractivity contribution in [2.45, 2.75) is 6.92 Å². The average Bonchev–Trinajstić information content (AvgIpc) is 2.34. The molecular formula is C14H14ClN3O. The van der Waals surface area contributed by atoms with Gasteiger partial charge in [0.1, 0.15) is 0 Å². The van der Waals surface area contributed by atoms with Gasteiger partial charge in [-0.3, -0.25) is 4.79 Å². The van der Waals surface area contributed by atoms with Gasteiger partial charge < -0.3 is 16.8 Å². The number of nitrogens with one attached hydrogen (secondary N) is 1. The zero-order valence-electron chi connectivity index (χ0n) is 10.4. The molecule has 0 unspecified atom stereocenters. The maximum atomic E-state index is 11.2. The Labute approximate surface area is 116 Å². The zero-order valence-corrected chi connectivity index (χ0v) is 11.2. The SMILES string of the molecule is Cc1ccc(Nc2cccc(C(N)=O)c2N)c(Cl)c1. The summed E-state index contributed by atoms with van der Waals surface area (Å²) in [7, 11) is 0. The van der Waals surface area contributed by atoms with Crippen molar-refractivity contribution < 1.29 is 4.79 Å². The Morgan fingerprint density at radius 1 is 1.21 bits per heavy atom. The second-order valence-corrected chi connectivity index (χ2v) is 4.65. The summed E-state index contributed by atoms with van der Waals surface area (Å²) in [5, 5.41) is 3.69. The number of primary amides is 1. The molecule has 2 aromatic rings. The van der Waals surface area contributed by atoms with Crippen LogP contribution in [0.2, 0.25) is 5.02 Å². The van der Waals surface area contributed by atoms with Crippen LogP contribution in [0.3, 0.4) is 0 Å². The molecule has 2 aromatic carbocycles. The lowest BCUT2D eigenvalue weighted by Gasteiger charge is -2.13. The third-order valence-electron chi connectivity index (χ3n) is 2.77. The number of nitrogens with two attached hydrogens (primary N) is 2. The fourth-order valence-electron chi connectivity index (χ4n) is 1.76. The topological polar surface area (TPSA) is 81.1 Å². The van der Waals surface area contributed by atoms with Gasteiger partial charge in [0, 0.05) is 0 Å². The van der Waals surface area contributed by atoms with Gasteiger partial charge in [-0.15, -0.1) is 0 Å². The number of para-hydroxylation sites is 1. The van der Waals surface area contributed by atoms with Crippen LogP contribution in [-0.2, 0) is 0 Å². The first-order valence-electron chi connectivity index (χ1n) is 5.70. The first-order valence-corrected chi connectivity index (χ1v) is 6.08. The molecular weight excluding hydrogens is 262 g/mol. The van der Waals surface area contributed by atoms with Gasteiger partial charge in [-0.25, -0.2) is 0 Å². The maximum absolute atomic E-state index is 11.2. The van der Waals surface area contributed by atoms with Gasteiger partial charge in [0.25, 0.3) is 5.91 Å². The minimum Gasteiger partial charge on any atom is -0.396 e. The van der Waals surface area contributed by atoms with E-state index < -0.39 is 5.91 Å². The molecule has 0 aliphatic heterocycles. The molecule has 0 saturated heterocycles. The average molecular weight is 276 g/mol. The predicted octanol–water partition coefficient (Wildman–Crippen LogP) is 3.07. The number of nitrogen functional groups attached to an aromatic ring is 1. The molecule has 1 amide bonds. The van der Waals surface area contributed by atoms with E-state index in [1.807, 2.05) is 25.1 Å². The molecule has 98 valence electrons. The number of benzene rings is 2. The van der Waals surface area contributed by atoms with Crippen LogP contribution in [0, 0.1) is 6.92 Å². The number of anilines is 3. The van der Waals surface area contributed by atoms with E-state index in [0.29, 0.717) is 16.4 Å². The second-order valence-electron chi connectivity index (χ2n) is 4.24. The molecule has 2 rings (SSSR count). The summed E-state index contributed by atoms with van der Waals surface area (Å²) in [4.78, 5) is 11.2. The Morgan fingerprint density at radius 3 is 2.58 bits per heavy atom. The van der Waals surface area contributed by atoms with Gasteiger partial charge in [0.05, 0.1) is 27.6 Å². The largest absolute Gasteiger partial charge is 0.396 e. The number of halogens is 1. The molecule has 5 N–H and O–H groups in total. The molecule has 5 heteroatoms. The summed E-state index contributed by atoms with van der Waals surface area (Å²) in [5.41, 5.74) is 14.1. The Hall–Kier alpha value is -2.20. The van der Waals surface area contributed by atoms with Gasteiger partial charge in [-0.2, -0.15) is 0 Å². The fraction of sp³-hybridized carbons (Fsp3) is 0.0714. The molecule has 0 aliphatic carbocycles. The van der Waals surface area contributed by atoms with E-state index in [4.69, 9.17) is 23.1 Å². The smallest absolute Gasteiger partial charge is 0.250 e. The lowest BCUT2D eigenvalue weighted by Crippen LogP contribution is -2.14. The summed E-state index contributed by atoms with van der Waals surface area (Å²) in [6.07, 6.45) is 0. The van der Waals surface area contributed by atoms with Crippen LogP contribution in [0.25, 0.3) is 0 Å². The summed E-state index contributed by atoms with van der Waals surface area (Å²) in [5.74, 6) is -0.559. The van der Waals surface area contributed by atoms with E-state index in [1.54, 1.807) is 18.2 Å². The van der Waals surface area contributed by atoms with Gasteiger partial charge in [0.2, 0.25) is 0 Å². The summed E-state index contributed by atoms with van der Waals surface area (Å²) in [6.45, 7) is 1.96. The van der Waals surface area contributed by atoms with E-state index in [0.717, 1.165) is 11.3 Å². The molecule has 0 radical (unpaired) electrons. The Morgan fingerprint density at radius 2 is 1.95 bits per heavy atom. The lowest BCUT2D eigenvalue weighted by molar-refractivity contribution is 0.100.